The molecule has 1 amide bonds. The number of hydrogen-bond donors (Lipinski definition) is 1. The molecule has 0 spiro atoms. The lowest BCUT2D eigenvalue weighted by Gasteiger charge is -2.27. The summed E-state index contributed by atoms with van der Waals surface area (Å²) >= 11 is 1.66. The van der Waals surface area contributed by atoms with E-state index < -0.39 is 0 Å². The van der Waals surface area contributed by atoms with Crippen molar-refractivity contribution in [1.82, 2.24) is 5.32 Å². The molecule has 0 bridgehead atoms. The summed E-state index contributed by atoms with van der Waals surface area (Å²) in [4.78, 5) is 13.6. The van der Waals surface area contributed by atoms with Crippen LogP contribution in [0.3, 0.4) is 0 Å². The molecule has 0 unspecified atom stereocenters. The lowest BCUT2D eigenvalue weighted by molar-refractivity contribution is -0.125. The molecule has 20 heavy (non-hydrogen) atoms. The molecule has 1 rings (SSSR count). The Hall–Kier alpha value is -0.700. The van der Waals surface area contributed by atoms with E-state index in [-0.39, 0.29) is 11.8 Å². The molecule has 2 nitrogen and oxygen atoms in total. The minimum atomic E-state index is 0.213. The third kappa shape index (κ3) is 5.74. The van der Waals surface area contributed by atoms with Crippen LogP contribution in [0, 0.1) is 11.8 Å². The maximum atomic E-state index is 12.4. The zero-order valence-electron chi connectivity index (χ0n) is 13.4. The van der Waals surface area contributed by atoms with E-state index in [0.29, 0.717) is 0 Å². The van der Waals surface area contributed by atoms with Crippen molar-refractivity contribution in [3.8, 4) is 0 Å². The average molecular weight is 295 g/mol. The highest BCUT2D eigenvalue weighted by Gasteiger charge is 2.25. The van der Waals surface area contributed by atoms with E-state index >= 15 is 0 Å². The molecule has 1 aliphatic rings. The second-order valence-corrected chi connectivity index (χ2v) is 6.88. The van der Waals surface area contributed by atoms with Crippen molar-refractivity contribution in [2.45, 2.75) is 66.2 Å². The minimum Gasteiger partial charge on any atom is -0.320 e. The first kappa shape index (κ1) is 17.4. The highest BCUT2D eigenvalue weighted by atomic mass is 32.2. The third-order valence-corrected chi connectivity index (χ3v) is 5.15. The van der Waals surface area contributed by atoms with Crippen molar-refractivity contribution < 1.29 is 4.79 Å². The number of carbonyl (C=O) groups excluding carboxylic acids is 1. The molecule has 1 fully saturated rings. The summed E-state index contributed by atoms with van der Waals surface area (Å²) in [5.41, 5.74) is 0. The Kier molecular flexibility index (Phi) is 8.05. The molecule has 0 radical (unpaired) electrons. The number of hydrogen-bond acceptors (Lipinski definition) is 2. The highest BCUT2D eigenvalue weighted by Crippen LogP contribution is 2.31. The summed E-state index contributed by atoms with van der Waals surface area (Å²) in [6.07, 6.45) is 10.9. The molecule has 1 aliphatic carbocycles. The van der Waals surface area contributed by atoms with E-state index in [9.17, 15) is 4.79 Å². The first-order chi connectivity index (χ1) is 9.60. The van der Waals surface area contributed by atoms with Gasteiger partial charge < -0.3 is 5.32 Å². The number of nitrogens with one attached hydrogen (secondary N) is 1. The maximum Gasteiger partial charge on any atom is 0.227 e. The predicted molar refractivity (Wildman–Crippen MR) is 89.3 cm³/mol. The summed E-state index contributed by atoms with van der Waals surface area (Å²) in [5.74, 6) is 1.27. The Bertz CT molecular complexity index is 365. The second kappa shape index (κ2) is 9.28. The number of carbonyl (C=O) groups is 1. The van der Waals surface area contributed by atoms with Gasteiger partial charge in [0.2, 0.25) is 5.91 Å². The van der Waals surface area contributed by atoms with Crippen LogP contribution in [0.25, 0.3) is 0 Å². The minimum absolute atomic E-state index is 0.213. The van der Waals surface area contributed by atoms with Crippen molar-refractivity contribution in [3.63, 3.8) is 0 Å². The maximum absolute atomic E-state index is 12.4. The summed E-state index contributed by atoms with van der Waals surface area (Å²) in [5, 5.41) is 4.12. The standard InChI is InChI=1S/C17H29NOS/c1-5-8-16(20-13(4)6-2)18-17(19)15-11-9-14(7-3)10-12-15/h6,8,14-15H,5,7,9-12H2,1-4H3,(H,18,19)/b13-6-,16-8+. The van der Waals surface area contributed by atoms with Crippen LogP contribution in [0.4, 0.5) is 0 Å². The first-order valence-electron chi connectivity index (χ1n) is 7.92. The topological polar surface area (TPSA) is 29.1 Å². The molecule has 3 heteroatoms. The van der Waals surface area contributed by atoms with Crippen LogP contribution in [0.1, 0.15) is 66.2 Å². The number of rotatable bonds is 6. The second-order valence-electron chi connectivity index (χ2n) is 5.59. The van der Waals surface area contributed by atoms with Gasteiger partial charge in [0, 0.05) is 5.92 Å². The van der Waals surface area contributed by atoms with E-state index in [1.807, 2.05) is 6.92 Å². The fourth-order valence-electron chi connectivity index (χ4n) is 2.59. The van der Waals surface area contributed by atoms with Crippen LogP contribution in [-0.2, 0) is 4.79 Å². The van der Waals surface area contributed by atoms with Crippen molar-refractivity contribution in [1.29, 1.82) is 0 Å². The largest absolute Gasteiger partial charge is 0.320 e. The predicted octanol–water partition coefficient (Wildman–Crippen LogP) is 5.23. The molecule has 0 atom stereocenters. The van der Waals surface area contributed by atoms with Gasteiger partial charge in [-0.25, -0.2) is 0 Å². The molecule has 114 valence electrons. The molecule has 0 aromatic rings. The van der Waals surface area contributed by atoms with Gasteiger partial charge in [-0.2, -0.15) is 0 Å². The van der Waals surface area contributed by atoms with Gasteiger partial charge >= 0.3 is 0 Å². The zero-order valence-corrected chi connectivity index (χ0v) is 14.2. The lowest BCUT2D eigenvalue weighted by Crippen LogP contribution is -2.32. The van der Waals surface area contributed by atoms with Gasteiger partial charge in [-0.1, -0.05) is 44.2 Å². The van der Waals surface area contributed by atoms with E-state index in [2.05, 4.69) is 38.2 Å². The van der Waals surface area contributed by atoms with E-state index in [1.54, 1.807) is 11.8 Å². The van der Waals surface area contributed by atoms with Crippen LogP contribution in [0.2, 0.25) is 0 Å². The summed E-state index contributed by atoms with van der Waals surface area (Å²) < 4.78 is 0. The zero-order chi connectivity index (χ0) is 15.0. The third-order valence-electron chi connectivity index (χ3n) is 4.11. The van der Waals surface area contributed by atoms with Gasteiger partial charge in [0.1, 0.15) is 0 Å². The van der Waals surface area contributed by atoms with Gasteiger partial charge in [-0.15, -0.1) is 0 Å². The molecule has 1 saturated carbocycles. The van der Waals surface area contributed by atoms with Gasteiger partial charge in [-0.3, -0.25) is 4.79 Å². The van der Waals surface area contributed by atoms with Crippen LogP contribution in [0.15, 0.2) is 22.1 Å². The first-order valence-corrected chi connectivity index (χ1v) is 8.74. The van der Waals surface area contributed by atoms with Crippen LogP contribution in [-0.4, -0.2) is 5.91 Å². The molecule has 0 aromatic carbocycles. The summed E-state index contributed by atoms with van der Waals surface area (Å²) in [7, 11) is 0. The smallest absolute Gasteiger partial charge is 0.227 e. The van der Waals surface area contributed by atoms with E-state index in [1.165, 1.54) is 24.2 Å². The number of allylic oxidation sites excluding steroid dienone is 3. The molecular formula is C17H29NOS. The quantitative estimate of drug-likeness (QED) is 0.727. The van der Waals surface area contributed by atoms with E-state index in [0.717, 1.165) is 30.2 Å². The molecule has 1 N–H and O–H groups in total. The number of thioether (sulfide) groups is 1. The Balaban J connectivity index is 2.52. The molecule has 0 heterocycles. The highest BCUT2D eigenvalue weighted by molar-refractivity contribution is 8.06. The van der Waals surface area contributed by atoms with Crippen LogP contribution in [0.5, 0.6) is 0 Å². The lowest BCUT2D eigenvalue weighted by atomic mass is 9.80. The van der Waals surface area contributed by atoms with Gasteiger partial charge in [-0.05, 0) is 56.8 Å². The Morgan fingerprint density at radius 2 is 1.90 bits per heavy atom. The van der Waals surface area contributed by atoms with Crippen LogP contribution < -0.4 is 5.32 Å². The Morgan fingerprint density at radius 3 is 2.40 bits per heavy atom. The van der Waals surface area contributed by atoms with Gasteiger partial charge in [0.15, 0.2) is 0 Å². The normalized spacial score (nSPS) is 24.6. The monoisotopic (exact) mass is 295 g/mol. The van der Waals surface area contributed by atoms with Gasteiger partial charge in [0.05, 0.1) is 5.03 Å². The van der Waals surface area contributed by atoms with Crippen molar-refractivity contribution in [2.24, 2.45) is 11.8 Å². The number of amides is 1. The van der Waals surface area contributed by atoms with Gasteiger partial charge in [0.25, 0.3) is 0 Å². The van der Waals surface area contributed by atoms with Crippen molar-refractivity contribution in [3.05, 3.63) is 22.1 Å². The van der Waals surface area contributed by atoms with E-state index in [4.69, 9.17) is 0 Å². The van der Waals surface area contributed by atoms with Crippen LogP contribution >= 0.6 is 11.8 Å². The SMILES string of the molecule is C/C=C(/C)S/C(=C/CC)NC(=O)C1CCC(CC)CC1. The summed E-state index contributed by atoms with van der Waals surface area (Å²) in [6, 6.07) is 0. The Labute approximate surface area is 128 Å². The molecular weight excluding hydrogens is 266 g/mol. The molecule has 0 aromatic heterocycles. The van der Waals surface area contributed by atoms with Crippen molar-refractivity contribution >= 4 is 17.7 Å². The fraction of sp³-hybridized carbons (Fsp3) is 0.706. The Morgan fingerprint density at radius 1 is 1.25 bits per heavy atom. The molecule has 0 aliphatic heterocycles. The fourth-order valence-corrected chi connectivity index (χ4v) is 3.46. The average Bonchev–Trinajstić information content (AvgIpc) is 2.47. The van der Waals surface area contributed by atoms with Crippen molar-refractivity contribution in [2.75, 3.05) is 0 Å². The molecule has 0 saturated heterocycles. The summed E-state index contributed by atoms with van der Waals surface area (Å²) in [6.45, 7) is 8.46.